The van der Waals surface area contributed by atoms with E-state index in [9.17, 15) is 22.8 Å². The number of alkyl halides is 3. The van der Waals surface area contributed by atoms with Gasteiger partial charge in [-0.25, -0.2) is 4.98 Å². The molecule has 166 valence electrons. The molecule has 0 aliphatic carbocycles. The highest BCUT2D eigenvalue weighted by Crippen LogP contribution is 2.29. The van der Waals surface area contributed by atoms with Crippen molar-refractivity contribution in [3.63, 3.8) is 0 Å². The van der Waals surface area contributed by atoms with Crippen LogP contribution < -0.4 is 15.5 Å². The number of amides is 2. The van der Waals surface area contributed by atoms with Crippen LogP contribution in [0, 0.1) is 0 Å². The number of piperidine rings is 1. The molecule has 31 heavy (non-hydrogen) atoms. The lowest BCUT2D eigenvalue weighted by Gasteiger charge is -2.33. The van der Waals surface area contributed by atoms with Gasteiger partial charge in [-0.1, -0.05) is 11.6 Å². The fourth-order valence-electron chi connectivity index (χ4n) is 3.29. The normalized spacial score (nSPS) is 14.9. The van der Waals surface area contributed by atoms with E-state index in [1.54, 1.807) is 24.3 Å². The summed E-state index contributed by atoms with van der Waals surface area (Å²) in [7, 11) is 0. The number of nitrogens with one attached hydrogen (secondary N) is 2. The van der Waals surface area contributed by atoms with Crippen molar-refractivity contribution in [3.8, 4) is 0 Å². The molecule has 0 unspecified atom stereocenters. The number of rotatable bonds is 6. The molecular formula is C21H22ClF3N4O2. The van der Waals surface area contributed by atoms with Crippen molar-refractivity contribution >= 4 is 29.2 Å². The molecule has 2 aromatic rings. The van der Waals surface area contributed by atoms with E-state index < -0.39 is 11.7 Å². The Labute approximate surface area is 182 Å². The van der Waals surface area contributed by atoms with Gasteiger partial charge < -0.3 is 15.5 Å². The van der Waals surface area contributed by atoms with Crippen LogP contribution in [0.25, 0.3) is 0 Å². The molecule has 1 aromatic heterocycles. The first-order chi connectivity index (χ1) is 14.7. The van der Waals surface area contributed by atoms with Crippen LogP contribution in [0.5, 0.6) is 0 Å². The Bertz CT molecular complexity index is 896. The maximum Gasteiger partial charge on any atom is 0.417 e. The van der Waals surface area contributed by atoms with Crippen molar-refractivity contribution < 1.29 is 22.8 Å². The smallest absolute Gasteiger partial charge is 0.356 e. The summed E-state index contributed by atoms with van der Waals surface area (Å²) in [4.78, 5) is 30.0. The number of carbonyl (C=O) groups is 2. The molecule has 1 aliphatic heterocycles. The number of pyridine rings is 1. The Morgan fingerprint density at radius 2 is 1.77 bits per heavy atom. The molecule has 0 saturated carbocycles. The third-order valence-electron chi connectivity index (χ3n) is 5.00. The second-order valence-corrected chi connectivity index (χ2v) is 7.68. The number of aromatic nitrogens is 1. The standard InChI is InChI=1S/C21H22ClF3N4O2/c22-16-4-1-14(2-5-16)20(31)26-10-7-19(30)28-17-8-11-29(12-9-17)18-6-3-15(13-27-18)21(23,24)25/h1-6,13,17H,7-12H2,(H,26,31)(H,28,30). The number of hydrogen-bond donors (Lipinski definition) is 2. The molecule has 2 amide bonds. The second kappa shape index (κ2) is 10.00. The fraction of sp³-hybridized carbons (Fsp3) is 0.381. The Kier molecular flexibility index (Phi) is 7.37. The molecule has 1 fully saturated rings. The first kappa shape index (κ1) is 22.9. The van der Waals surface area contributed by atoms with E-state index in [4.69, 9.17) is 11.6 Å². The van der Waals surface area contributed by atoms with Crippen LogP contribution in [0.4, 0.5) is 19.0 Å². The van der Waals surface area contributed by atoms with Gasteiger partial charge in [0.05, 0.1) is 5.56 Å². The quantitative estimate of drug-likeness (QED) is 0.698. The Hall–Kier alpha value is -2.81. The average molecular weight is 455 g/mol. The summed E-state index contributed by atoms with van der Waals surface area (Å²) in [5.74, 6) is 0.0482. The van der Waals surface area contributed by atoms with Gasteiger partial charge in [0.2, 0.25) is 5.91 Å². The molecule has 0 radical (unpaired) electrons. The maximum atomic E-state index is 12.6. The zero-order chi connectivity index (χ0) is 22.4. The van der Waals surface area contributed by atoms with Crippen molar-refractivity contribution in [2.45, 2.75) is 31.5 Å². The van der Waals surface area contributed by atoms with E-state index in [1.807, 2.05) is 4.90 Å². The number of nitrogens with zero attached hydrogens (tertiary/aromatic N) is 2. The summed E-state index contributed by atoms with van der Waals surface area (Å²) >= 11 is 5.79. The maximum absolute atomic E-state index is 12.6. The molecule has 2 N–H and O–H groups in total. The first-order valence-corrected chi connectivity index (χ1v) is 10.2. The summed E-state index contributed by atoms with van der Waals surface area (Å²) in [6.45, 7) is 1.37. The zero-order valence-electron chi connectivity index (χ0n) is 16.6. The predicted octanol–water partition coefficient (Wildman–Crippen LogP) is 3.66. The molecule has 0 atom stereocenters. The van der Waals surface area contributed by atoms with E-state index in [0.29, 0.717) is 42.3 Å². The van der Waals surface area contributed by atoms with Gasteiger partial charge in [0.15, 0.2) is 0 Å². The largest absolute Gasteiger partial charge is 0.417 e. The van der Waals surface area contributed by atoms with E-state index in [0.717, 1.165) is 12.3 Å². The lowest BCUT2D eigenvalue weighted by atomic mass is 10.0. The molecule has 3 rings (SSSR count). The Balaban J connectivity index is 1.38. The van der Waals surface area contributed by atoms with Gasteiger partial charge in [-0.05, 0) is 49.2 Å². The van der Waals surface area contributed by atoms with Crippen LogP contribution in [-0.2, 0) is 11.0 Å². The molecule has 1 aromatic carbocycles. The molecule has 2 heterocycles. The number of benzene rings is 1. The van der Waals surface area contributed by atoms with E-state index >= 15 is 0 Å². The van der Waals surface area contributed by atoms with Gasteiger partial charge in [-0.2, -0.15) is 13.2 Å². The highest BCUT2D eigenvalue weighted by Gasteiger charge is 2.31. The molecule has 10 heteroatoms. The summed E-state index contributed by atoms with van der Waals surface area (Å²) in [6, 6.07) is 8.82. The van der Waals surface area contributed by atoms with E-state index in [1.165, 1.54) is 6.07 Å². The van der Waals surface area contributed by atoms with Crippen LogP contribution in [0.3, 0.4) is 0 Å². The van der Waals surface area contributed by atoms with Crippen molar-refractivity contribution in [1.29, 1.82) is 0 Å². The zero-order valence-corrected chi connectivity index (χ0v) is 17.3. The Morgan fingerprint density at radius 1 is 1.10 bits per heavy atom. The van der Waals surface area contributed by atoms with Crippen molar-refractivity contribution in [2.24, 2.45) is 0 Å². The van der Waals surface area contributed by atoms with Crippen LogP contribution in [-0.4, -0.2) is 42.5 Å². The van der Waals surface area contributed by atoms with Gasteiger partial charge in [0.25, 0.3) is 5.91 Å². The lowest BCUT2D eigenvalue weighted by molar-refractivity contribution is -0.137. The summed E-state index contributed by atoms with van der Waals surface area (Å²) < 4.78 is 37.9. The van der Waals surface area contributed by atoms with Crippen molar-refractivity contribution in [2.75, 3.05) is 24.5 Å². The van der Waals surface area contributed by atoms with Gasteiger partial charge in [-0.3, -0.25) is 9.59 Å². The third-order valence-corrected chi connectivity index (χ3v) is 5.26. The molecule has 0 bridgehead atoms. The van der Waals surface area contributed by atoms with Crippen LogP contribution in [0.2, 0.25) is 5.02 Å². The fourth-order valence-corrected chi connectivity index (χ4v) is 3.41. The predicted molar refractivity (Wildman–Crippen MR) is 111 cm³/mol. The monoisotopic (exact) mass is 454 g/mol. The second-order valence-electron chi connectivity index (χ2n) is 7.24. The molecule has 1 aliphatic rings. The number of carbonyl (C=O) groups excluding carboxylic acids is 2. The summed E-state index contributed by atoms with van der Waals surface area (Å²) in [5, 5.41) is 6.17. The third kappa shape index (κ3) is 6.58. The first-order valence-electron chi connectivity index (χ1n) is 9.84. The minimum atomic E-state index is -4.41. The number of hydrogen-bond acceptors (Lipinski definition) is 4. The highest BCUT2D eigenvalue weighted by atomic mass is 35.5. The van der Waals surface area contributed by atoms with Crippen LogP contribution >= 0.6 is 11.6 Å². The lowest BCUT2D eigenvalue weighted by Crippen LogP contribution is -2.45. The van der Waals surface area contributed by atoms with Gasteiger partial charge in [0, 0.05) is 48.9 Å². The van der Waals surface area contributed by atoms with Gasteiger partial charge in [0.1, 0.15) is 5.82 Å². The topological polar surface area (TPSA) is 74.3 Å². The molecule has 1 saturated heterocycles. The van der Waals surface area contributed by atoms with Gasteiger partial charge in [-0.15, -0.1) is 0 Å². The SMILES string of the molecule is O=C(CCNC(=O)c1ccc(Cl)cc1)NC1CCN(c2ccc(C(F)(F)F)cn2)CC1. The highest BCUT2D eigenvalue weighted by molar-refractivity contribution is 6.30. The molecule has 6 nitrogen and oxygen atoms in total. The van der Waals surface area contributed by atoms with E-state index in [2.05, 4.69) is 15.6 Å². The van der Waals surface area contributed by atoms with Crippen LogP contribution in [0.1, 0.15) is 35.2 Å². The number of halogens is 4. The average Bonchev–Trinajstić information content (AvgIpc) is 2.74. The summed E-state index contributed by atoms with van der Waals surface area (Å²) in [5.41, 5.74) is -0.310. The minimum absolute atomic E-state index is 0.0230. The van der Waals surface area contributed by atoms with E-state index in [-0.39, 0.29) is 30.8 Å². The number of anilines is 1. The van der Waals surface area contributed by atoms with Crippen molar-refractivity contribution in [3.05, 3.63) is 58.7 Å². The molecular weight excluding hydrogens is 433 g/mol. The van der Waals surface area contributed by atoms with Crippen LogP contribution in [0.15, 0.2) is 42.6 Å². The van der Waals surface area contributed by atoms with Crippen molar-refractivity contribution in [1.82, 2.24) is 15.6 Å². The minimum Gasteiger partial charge on any atom is -0.356 e. The Morgan fingerprint density at radius 3 is 2.35 bits per heavy atom. The molecule has 0 spiro atoms. The van der Waals surface area contributed by atoms with Gasteiger partial charge >= 0.3 is 6.18 Å². The summed E-state index contributed by atoms with van der Waals surface area (Å²) in [6.07, 6.45) is -2.10.